The van der Waals surface area contributed by atoms with Gasteiger partial charge < -0.3 is 28.6 Å². The van der Waals surface area contributed by atoms with E-state index in [2.05, 4.69) is 24.1 Å². The van der Waals surface area contributed by atoms with E-state index in [0.717, 1.165) is 69.6 Å². The van der Waals surface area contributed by atoms with Crippen LogP contribution < -0.4 is 15.0 Å². The molecule has 2 aromatic rings. The summed E-state index contributed by atoms with van der Waals surface area (Å²) in [4.78, 5) is 38.9. The van der Waals surface area contributed by atoms with Gasteiger partial charge in [0.25, 0.3) is 5.91 Å². The molecule has 4 N–H and O–H groups in total. The minimum Gasteiger partial charge on any atom is -0.425 e. The number of nitrogens with zero attached hydrogens (tertiary/aromatic N) is 3. The highest BCUT2D eigenvalue weighted by Crippen LogP contribution is 2.48. The topological polar surface area (TPSA) is 178 Å². The van der Waals surface area contributed by atoms with Crippen LogP contribution in [-0.2, 0) is 48.2 Å². The number of benzene rings is 2. The Kier molecular flexibility index (Phi) is 17.5. The Balaban J connectivity index is 1.50. The second-order valence-corrected chi connectivity index (χ2v) is 17.8. The number of halogens is 3. The molecule has 2 aliphatic rings. The van der Waals surface area contributed by atoms with Gasteiger partial charge in [-0.3, -0.25) is 14.6 Å². The van der Waals surface area contributed by atoms with Gasteiger partial charge in [0.05, 0.1) is 27.8 Å². The van der Waals surface area contributed by atoms with Crippen molar-refractivity contribution < 1.29 is 54.4 Å². The minimum absolute atomic E-state index is 0.0244. The number of amides is 1. The van der Waals surface area contributed by atoms with Crippen LogP contribution in [0.3, 0.4) is 0 Å². The van der Waals surface area contributed by atoms with E-state index in [1.54, 1.807) is 18.2 Å². The van der Waals surface area contributed by atoms with Crippen LogP contribution in [0.2, 0.25) is 0 Å². The first kappa shape index (κ1) is 49.3. The van der Waals surface area contributed by atoms with Crippen LogP contribution in [0, 0.1) is 5.41 Å². The zero-order chi connectivity index (χ0) is 45.1. The van der Waals surface area contributed by atoms with Crippen LogP contribution in [-0.4, -0.2) is 89.0 Å². The third kappa shape index (κ3) is 13.1. The first-order chi connectivity index (χ1) is 28.7. The standard InChI is InChI=1S/C42H51F3N4O9S3/c1-28-33(24-29(26-46-20-10-23-60(53)54)39(51)48(6)57-27-38(50)58-31-16-14-30(15-17-31)42(43,44)45)40(2,3)36(47-28)12-8-7-9-13-37-41(4,5)34-25-32(61(55)56)18-19-35(34)49(37)21-11-22-59-52/h7-9,12-19,24-26,28,46,52H,10-11,20-23,27H2,1-6H3,(H,53,54)(H,55,56)/b9-7+,12-8+,29-26+,33-24+,37-13+. The summed E-state index contributed by atoms with van der Waals surface area (Å²) in [5.74, 6) is -1.17. The minimum atomic E-state index is -4.56. The molecule has 19 heteroatoms. The number of likely N-dealkylation sites (N-methyl/N-ethyl adjacent to an activating group) is 1. The number of hydrogen-bond donors (Lipinski definition) is 4. The Labute approximate surface area is 363 Å². The van der Waals surface area contributed by atoms with E-state index in [4.69, 9.17) is 19.1 Å². The molecule has 2 heterocycles. The highest BCUT2D eigenvalue weighted by Gasteiger charge is 2.40. The fourth-order valence-electron chi connectivity index (χ4n) is 6.89. The number of hydroxylamine groups is 2. The lowest BCUT2D eigenvalue weighted by Gasteiger charge is -2.27. The number of allylic oxidation sites excluding steroid dienone is 6. The number of anilines is 1. The normalized spacial score (nSPS) is 19.7. The van der Waals surface area contributed by atoms with E-state index < -0.39 is 63.2 Å². The third-order valence-corrected chi connectivity index (χ3v) is 11.9. The molecule has 0 saturated carbocycles. The first-order valence-electron chi connectivity index (χ1n) is 19.1. The molecule has 3 atom stereocenters. The molecule has 13 nitrogen and oxygen atoms in total. The molecular formula is C42H51F3N4O9S3. The molecular weight excluding hydrogens is 858 g/mol. The van der Waals surface area contributed by atoms with Gasteiger partial charge in [-0.05, 0) is 104 Å². The summed E-state index contributed by atoms with van der Waals surface area (Å²) in [6.45, 7) is 10.1. The molecule has 3 unspecified atom stereocenters. The van der Waals surface area contributed by atoms with Crippen LogP contribution in [0.5, 0.6) is 5.75 Å². The molecule has 1 amide bonds. The maximum atomic E-state index is 13.7. The molecule has 0 radical (unpaired) electrons. The number of rotatable bonds is 19. The van der Waals surface area contributed by atoms with Gasteiger partial charge in [-0.15, -0.1) is 0 Å². The maximum absolute atomic E-state index is 13.7. The molecule has 2 aliphatic heterocycles. The Bertz CT molecular complexity index is 2150. The Hall–Kier alpha value is -4.37. The Morgan fingerprint density at radius 2 is 1.74 bits per heavy atom. The van der Waals surface area contributed by atoms with Gasteiger partial charge >= 0.3 is 12.1 Å². The summed E-state index contributed by atoms with van der Waals surface area (Å²) >= 11 is -3.33. The zero-order valence-corrected chi connectivity index (χ0v) is 37.1. The molecule has 0 fully saturated rings. The number of nitrogens with one attached hydrogen (secondary N) is 1. The van der Waals surface area contributed by atoms with Gasteiger partial charge in [-0.1, -0.05) is 45.9 Å². The van der Waals surface area contributed by atoms with Crippen LogP contribution in [0.15, 0.2) is 112 Å². The van der Waals surface area contributed by atoms with Crippen LogP contribution in [0.4, 0.5) is 18.9 Å². The summed E-state index contributed by atoms with van der Waals surface area (Å²) in [7, 11) is 1.29. The molecule has 0 spiro atoms. The van der Waals surface area contributed by atoms with Crippen molar-refractivity contribution in [2.45, 2.75) is 70.0 Å². The summed E-state index contributed by atoms with van der Waals surface area (Å²) in [5.41, 5.74) is 2.47. The highest BCUT2D eigenvalue weighted by atomic mass is 32.2. The van der Waals surface area contributed by atoms with Gasteiger partial charge in [0, 0.05) is 60.0 Å². The second-order valence-electron chi connectivity index (χ2n) is 15.1. The SMILES string of the molecule is CC1N=C(/C=C/C=C/C=C2/N(CCCSO)c3ccc(S(=O)O)cc3C2(C)C)C(C)(C)/C1=C/C(=C\NCCCS(=O)O)C(=O)N(C)OCC(=O)Oc1ccc(C(F)(F)F)cc1. The predicted octanol–water partition coefficient (Wildman–Crippen LogP) is 7.85. The number of esters is 1. The number of alkyl halides is 3. The summed E-state index contributed by atoms with van der Waals surface area (Å²) in [6.07, 6.45) is 9.15. The van der Waals surface area contributed by atoms with Crippen LogP contribution in [0.1, 0.15) is 58.6 Å². The number of aliphatic imine (C=N–C) groups is 1. The third-order valence-electron chi connectivity index (χ3n) is 10.1. The van der Waals surface area contributed by atoms with E-state index >= 15 is 0 Å². The van der Waals surface area contributed by atoms with Gasteiger partial charge in [0.15, 0.2) is 28.8 Å². The lowest BCUT2D eigenvalue weighted by Crippen LogP contribution is -2.32. The van der Waals surface area contributed by atoms with E-state index in [-0.39, 0.29) is 29.7 Å². The number of fused-ring (bicyclic) bond motifs is 1. The summed E-state index contributed by atoms with van der Waals surface area (Å²) < 4.78 is 95.0. The van der Waals surface area contributed by atoms with Crippen molar-refractivity contribution in [2.75, 3.05) is 43.1 Å². The van der Waals surface area contributed by atoms with Crippen molar-refractivity contribution in [1.29, 1.82) is 0 Å². The van der Waals surface area contributed by atoms with Crippen molar-refractivity contribution in [3.8, 4) is 5.75 Å². The number of carbonyl (C=O) groups excluding carboxylic acids is 2. The fourth-order valence-corrected chi connectivity index (χ4v) is 7.94. The maximum Gasteiger partial charge on any atom is 0.416 e. The monoisotopic (exact) mass is 908 g/mol. The van der Waals surface area contributed by atoms with Crippen molar-refractivity contribution >= 4 is 57.5 Å². The van der Waals surface area contributed by atoms with Crippen molar-refractivity contribution in [3.63, 3.8) is 0 Å². The zero-order valence-electron chi connectivity index (χ0n) is 34.6. The van der Waals surface area contributed by atoms with Gasteiger partial charge in [-0.2, -0.15) is 13.2 Å². The lowest BCUT2D eigenvalue weighted by atomic mass is 9.78. The second kappa shape index (κ2) is 21.6. The average Bonchev–Trinajstić information content (AvgIpc) is 3.54. The number of ether oxygens (including phenoxy) is 1. The molecule has 4 rings (SSSR count). The smallest absolute Gasteiger partial charge is 0.416 e. The fraction of sp³-hybridized carbons (Fsp3) is 0.405. The van der Waals surface area contributed by atoms with Crippen molar-refractivity contribution in [1.82, 2.24) is 10.4 Å². The predicted molar refractivity (Wildman–Crippen MR) is 233 cm³/mol. The largest absolute Gasteiger partial charge is 0.425 e. The lowest BCUT2D eigenvalue weighted by molar-refractivity contribution is -0.181. The molecule has 0 aromatic heterocycles. The number of carbonyl (C=O) groups is 2. The quantitative estimate of drug-likeness (QED) is 0.0157. The first-order valence-corrected chi connectivity index (χ1v) is 22.5. The van der Waals surface area contributed by atoms with Crippen molar-refractivity contribution in [2.24, 2.45) is 10.4 Å². The molecule has 61 heavy (non-hydrogen) atoms. The Morgan fingerprint density at radius 1 is 1.03 bits per heavy atom. The Morgan fingerprint density at radius 3 is 2.38 bits per heavy atom. The molecule has 0 bridgehead atoms. The van der Waals surface area contributed by atoms with Crippen molar-refractivity contribution in [3.05, 3.63) is 113 Å². The summed E-state index contributed by atoms with van der Waals surface area (Å²) in [6, 6.07) is 8.45. The molecule has 0 saturated heterocycles. The highest BCUT2D eigenvalue weighted by molar-refractivity contribution is 7.93. The molecule has 0 aliphatic carbocycles. The van der Waals surface area contributed by atoms with E-state index in [9.17, 15) is 40.3 Å². The average molecular weight is 909 g/mol. The van der Waals surface area contributed by atoms with Gasteiger partial charge in [0.1, 0.15) is 5.75 Å². The van der Waals surface area contributed by atoms with E-state index in [0.29, 0.717) is 30.0 Å². The van der Waals surface area contributed by atoms with E-state index in [1.165, 1.54) is 13.2 Å². The summed E-state index contributed by atoms with van der Waals surface area (Å²) in [5, 5.41) is 3.82. The molecule has 332 valence electrons. The van der Waals surface area contributed by atoms with Crippen LogP contribution >= 0.6 is 12.0 Å². The van der Waals surface area contributed by atoms with Crippen LogP contribution in [0.25, 0.3) is 0 Å². The number of hydrogen-bond acceptors (Lipinski definition) is 11. The van der Waals surface area contributed by atoms with Gasteiger partial charge in [-0.25, -0.2) is 18.3 Å². The van der Waals surface area contributed by atoms with E-state index in [1.807, 2.05) is 57.2 Å². The van der Waals surface area contributed by atoms with Gasteiger partial charge in [0.2, 0.25) is 0 Å². The molecule has 2 aromatic carbocycles.